The van der Waals surface area contributed by atoms with Gasteiger partial charge in [0.15, 0.2) is 0 Å². The first-order valence-electron chi connectivity index (χ1n) is 7.71. The fraction of sp³-hybridized carbons (Fsp3) is 0.263. The monoisotopic (exact) mass is 306 g/mol. The van der Waals surface area contributed by atoms with Gasteiger partial charge in [-0.25, -0.2) is 0 Å². The predicted molar refractivity (Wildman–Crippen MR) is 89.9 cm³/mol. The number of likely N-dealkylation sites (tertiary alicyclic amines) is 1. The largest absolute Gasteiger partial charge is 0.496 e. The summed E-state index contributed by atoms with van der Waals surface area (Å²) in [6.07, 6.45) is 3.66. The van der Waals surface area contributed by atoms with E-state index in [-0.39, 0.29) is 11.5 Å². The molecule has 0 spiro atoms. The molecule has 0 aliphatic carbocycles. The molecule has 0 aromatic heterocycles. The number of fused-ring (bicyclic) bond motifs is 1. The Balaban J connectivity index is 2.10. The van der Waals surface area contributed by atoms with Crippen molar-refractivity contribution in [3.8, 4) is 11.8 Å². The summed E-state index contributed by atoms with van der Waals surface area (Å²) in [5.41, 5.74) is 0.927. The van der Waals surface area contributed by atoms with Crippen LogP contribution in [0.2, 0.25) is 0 Å². The number of benzene rings is 2. The summed E-state index contributed by atoms with van der Waals surface area (Å²) >= 11 is 0. The van der Waals surface area contributed by atoms with Crippen molar-refractivity contribution in [3.63, 3.8) is 0 Å². The number of methoxy groups -OCH3 is 1. The summed E-state index contributed by atoms with van der Waals surface area (Å²) in [7, 11) is 1.59. The molecule has 116 valence electrons. The summed E-state index contributed by atoms with van der Waals surface area (Å²) in [6.45, 7) is 1.45. The van der Waals surface area contributed by atoms with Gasteiger partial charge in [0.05, 0.1) is 7.11 Å². The highest BCUT2D eigenvalue weighted by Gasteiger charge is 2.22. The van der Waals surface area contributed by atoms with Gasteiger partial charge >= 0.3 is 0 Å². The zero-order chi connectivity index (χ0) is 16.2. The average molecular weight is 306 g/mol. The quantitative estimate of drug-likeness (QED) is 0.645. The zero-order valence-corrected chi connectivity index (χ0v) is 13.1. The van der Waals surface area contributed by atoms with Crippen LogP contribution >= 0.6 is 0 Å². The van der Waals surface area contributed by atoms with Crippen molar-refractivity contribution in [2.45, 2.75) is 12.8 Å². The number of rotatable bonds is 3. The summed E-state index contributed by atoms with van der Waals surface area (Å²) < 4.78 is 5.43. The molecule has 4 nitrogen and oxygen atoms in total. The Morgan fingerprint density at radius 1 is 1.22 bits per heavy atom. The molecule has 0 saturated carbocycles. The normalized spacial score (nSPS) is 14.8. The Morgan fingerprint density at radius 3 is 2.65 bits per heavy atom. The molecule has 1 amide bonds. The van der Waals surface area contributed by atoms with E-state index in [1.807, 2.05) is 36.4 Å². The van der Waals surface area contributed by atoms with E-state index in [1.54, 1.807) is 18.1 Å². The number of nitriles is 1. The van der Waals surface area contributed by atoms with Crippen molar-refractivity contribution in [2.75, 3.05) is 20.2 Å². The number of amides is 1. The van der Waals surface area contributed by atoms with Gasteiger partial charge in [-0.1, -0.05) is 30.3 Å². The zero-order valence-electron chi connectivity index (χ0n) is 13.1. The Kier molecular flexibility index (Phi) is 4.29. The van der Waals surface area contributed by atoms with Crippen molar-refractivity contribution < 1.29 is 9.53 Å². The van der Waals surface area contributed by atoms with Crippen LogP contribution < -0.4 is 4.74 Å². The molecular formula is C19H18N2O2. The second-order valence-corrected chi connectivity index (χ2v) is 5.57. The van der Waals surface area contributed by atoms with Crippen LogP contribution in [0.5, 0.6) is 5.75 Å². The van der Waals surface area contributed by atoms with Gasteiger partial charge in [-0.05, 0) is 35.8 Å². The summed E-state index contributed by atoms with van der Waals surface area (Å²) in [4.78, 5) is 14.3. The lowest BCUT2D eigenvalue weighted by molar-refractivity contribution is -0.125. The number of hydrogen-bond acceptors (Lipinski definition) is 3. The SMILES string of the molecule is COc1ccc2ccccc2c1C=C(C#N)C(=O)N1CCCC1. The van der Waals surface area contributed by atoms with Gasteiger partial charge in [-0.15, -0.1) is 0 Å². The summed E-state index contributed by atoms with van der Waals surface area (Å²) in [5, 5.41) is 11.5. The van der Waals surface area contributed by atoms with Crippen LogP contribution in [0.15, 0.2) is 42.0 Å². The molecule has 0 unspecified atom stereocenters. The first-order valence-corrected chi connectivity index (χ1v) is 7.71. The Morgan fingerprint density at radius 2 is 1.96 bits per heavy atom. The lowest BCUT2D eigenvalue weighted by Crippen LogP contribution is -2.28. The Hall–Kier alpha value is -2.80. The maximum atomic E-state index is 12.5. The molecule has 0 atom stereocenters. The maximum Gasteiger partial charge on any atom is 0.264 e. The van der Waals surface area contributed by atoms with Crippen molar-refractivity contribution in [1.29, 1.82) is 5.26 Å². The fourth-order valence-electron chi connectivity index (χ4n) is 2.98. The highest BCUT2D eigenvalue weighted by atomic mass is 16.5. The van der Waals surface area contributed by atoms with Gasteiger partial charge < -0.3 is 9.64 Å². The minimum Gasteiger partial charge on any atom is -0.496 e. The van der Waals surface area contributed by atoms with Crippen LogP contribution in [0, 0.1) is 11.3 Å². The average Bonchev–Trinajstić information content (AvgIpc) is 3.13. The van der Waals surface area contributed by atoms with Crippen molar-refractivity contribution in [2.24, 2.45) is 0 Å². The van der Waals surface area contributed by atoms with Crippen LogP contribution in [0.3, 0.4) is 0 Å². The number of carbonyl (C=O) groups excluding carboxylic acids is 1. The maximum absolute atomic E-state index is 12.5. The van der Waals surface area contributed by atoms with Gasteiger partial charge in [0.2, 0.25) is 0 Å². The Bertz CT molecular complexity index is 812. The van der Waals surface area contributed by atoms with Crippen LogP contribution in [0.25, 0.3) is 16.8 Å². The van der Waals surface area contributed by atoms with Crippen LogP contribution in [-0.4, -0.2) is 31.0 Å². The molecular weight excluding hydrogens is 288 g/mol. The van der Waals surface area contributed by atoms with Crippen molar-refractivity contribution >= 4 is 22.8 Å². The van der Waals surface area contributed by atoms with E-state index in [0.717, 1.165) is 42.3 Å². The van der Waals surface area contributed by atoms with E-state index in [4.69, 9.17) is 4.74 Å². The number of hydrogen-bond donors (Lipinski definition) is 0. The second kappa shape index (κ2) is 6.53. The first kappa shape index (κ1) is 15.1. The summed E-state index contributed by atoms with van der Waals surface area (Å²) in [6, 6.07) is 13.8. The molecule has 2 aromatic rings. The predicted octanol–water partition coefficient (Wildman–Crippen LogP) is 3.38. The molecule has 23 heavy (non-hydrogen) atoms. The molecule has 1 saturated heterocycles. The van der Waals surface area contributed by atoms with Gasteiger partial charge in [0.1, 0.15) is 17.4 Å². The molecule has 1 aliphatic heterocycles. The van der Waals surface area contributed by atoms with E-state index in [2.05, 4.69) is 6.07 Å². The molecule has 2 aromatic carbocycles. The molecule has 1 aliphatic rings. The first-order chi connectivity index (χ1) is 11.2. The van der Waals surface area contributed by atoms with E-state index in [0.29, 0.717) is 5.75 Å². The molecule has 4 heteroatoms. The molecule has 0 radical (unpaired) electrons. The standard InChI is InChI=1S/C19H18N2O2/c1-23-18-9-8-14-6-2-3-7-16(14)17(18)12-15(13-20)19(22)21-10-4-5-11-21/h2-3,6-9,12H,4-5,10-11H2,1H3. The molecule has 1 fully saturated rings. The van der Waals surface area contributed by atoms with E-state index in [9.17, 15) is 10.1 Å². The number of carbonyl (C=O) groups is 1. The van der Waals surface area contributed by atoms with Crippen LogP contribution in [-0.2, 0) is 4.79 Å². The third kappa shape index (κ3) is 2.91. The molecule has 0 N–H and O–H groups in total. The van der Waals surface area contributed by atoms with Gasteiger partial charge in [0, 0.05) is 18.7 Å². The number of ether oxygens (including phenoxy) is 1. The van der Waals surface area contributed by atoms with E-state index in [1.165, 1.54) is 0 Å². The van der Waals surface area contributed by atoms with Crippen LogP contribution in [0.1, 0.15) is 18.4 Å². The fourth-order valence-corrected chi connectivity index (χ4v) is 2.98. The summed E-state index contributed by atoms with van der Waals surface area (Å²) in [5.74, 6) is 0.464. The molecule has 1 heterocycles. The smallest absolute Gasteiger partial charge is 0.264 e. The Labute approximate surface area is 135 Å². The highest BCUT2D eigenvalue weighted by molar-refractivity contribution is 6.05. The van der Waals surface area contributed by atoms with Gasteiger partial charge in [-0.3, -0.25) is 4.79 Å². The topological polar surface area (TPSA) is 53.3 Å². The second-order valence-electron chi connectivity index (χ2n) is 5.57. The van der Waals surface area contributed by atoms with Crippen molar-refractivity contribution in [3.05, 3.63) is 47.5 Å². The van der Waals surface area contributed by atoms with Crippen LogP contribution in [0.4, 0.5) is 0 Å². The van der Waals surface area contributed by atoms with E-state index < -0.39 is 0 Å². The third-order valence-electron chi connectivity index (χ3n) is 4.18. The van der Waals surface area contributed by atoms with Gasteiger partial charge in [-0.2, -0.15) is 5.26 Å². The highest BCUT2D eigenvalue weighted by Crippen LogP contribution is 2.30. The van der Waals surface area contributed by atoms with E-state index >= 15 is 0 Å². The minimum absolute atomic E-state index is 0.154. The number of nitrogens with zero attached hydrogens (tertiary/aromatic N) is 2. The lowest BCUT2D eigenvalue weighted by atomic mass is 10.0. The minimum atomic E-state index is -0.194. The lowest BCUT2D eigenvalue weighted by Gasteiger charge is -2.15. The third-order valence-corrected chi connectivity index (χ3v) is 4.18. The molecule has 3 rings (SSSR count). The van der Waals surface area contributed by atoms with Gasteiger partial charge in [0.25, 0.3) is 5.91 Å². The van der Waals surface area contributed by atoms with Crippen molar-refractivity contribution in [1.82, 2.24) is 4.90 Å². The molecule has 0 bridgehead atoms.